The third kappa shape index (κ3) is 19.2. The molecule has 0 bridgehead atoms. The third-order valence-corrected chi connectivity index (χ3v) is 29.8. The van der Waals surface area contributed by atoms with Crippen LogP contribution in [0.4, 0.5) is 34.1 Å². The van der Waals surface area contributed by atoms with Crippen LogP contribution < -0.4 is 14.7 Å². The number of anilines is 6. The summed E-state index contributed by atoms with van der Waals surface area (Å²) in [4.78, 5) is 7.37. The summed E-state index contributed by atoms with van der Waals surface area (Å²) in [7, 11) is 0. The van der Waals surface area contributed by atoms with Crippen LogP contribution in [-0.4, -0.2) is 25.8 Å². The van der Waals surface area contributed by atoms with E-state index in [-0.39, 0.29) is 43.8 Å². The van der Waals surface area contributed by atoms with Crippen molar-refractivity contribution in [3.8, 4) is 83.6 Å². The van der Waals surface area contributed by atoms with Gasteiger partial charge < -0.3 is 23.8 Å². The van der Waals surface area contributed by atoms with Gasteiger partial charge in [0.2, 0.25) is 0 Å². The van der Waals surface area contributed by atoms with Gasteiger partial charge in [-0.2, -0.15) is 0 Å². The van der Waals surface area contributed by atoms with E-state index in [4.69, 9.17) is 0 Å². The second-order valence-electron chi connectivity index (χ2n) is 46.4. The minimum Gasteiger partial charge on any atom is -0.336 e. The Morgan fingerprint density at radius 1 is 0.190 bits per heavy atom. The number of hydrogen-bond acceptors (Lipinski definition) is 3. The molecule has 5 nitrogen and oxygen atoms in total. The molecule has 19 aromatic carbocycles. The zero-order valence-electron chi connectivity index (χ0n) is 89.2. The fourth-order valence-electron chi connectivity index (χ4n) is 23.0. The Bertz CT molecular complexity index is 8130. The lowest BCUT2D eigenvalue weighted by atomic mass is 9.70. The number of rotatable bonds is 11. The lowest BCUT2D eigenvalue weighted by Gasteiger charge is -2.39. The van der Waals surface area contributed by atoms with Gasteiger partial charge in [0.1, 0.15) is 0 Å². The van der Waals surface area contributed by atoms with E-state index >= 15 is 0 Å². The highest BCUT2D eigenvalue weighted by Gasteiger charge is 2.52. The number of aromatic nitrogens is 2. The van der Waals surface area contributed by atoms with E-state index in [1.807, 2.05) is 0 Å². The predicted molar refractivity (Wildman–Crippen MR) is 633 cm³/mol. The van der Waals surface area contributed by atoms with E-state index < -0.39 is 0 Å². The molecular weight excluding hydrogens is 1780 g/mol. The molecule has 0 saturated heterocycles. The minimum absolute atomic E-state index is 0.00264. The Morgan fingerprint density at radius 3 is 0.796 bits per heavy atom. The number of nitrogens with zero attached hydrogens (tertiary/aromatic N) is 5. The van der Waals surface area contributed by atoms with Gasteiger partial charge in [-0.3, -0.25) is 0 Å². The largest absolute Gasteiger partial charge is 0.336 e. The maximum atomic E-state index is 2.49. The summed E-state index contributed by atoms with van der Waals surface area (Å²) in [5.74, 6) is 0. The van der Waals surface area contributed by atoms with Gasteiger partial charge in [-0.1, -0.05) is 413 Å². The van der Waals surface area contributed by atoms with Crippen LogP contribution in [0.1, 0.15) is 183 Å². The van der Waals surface area contributed by atoms with Crippen LogP contribution in [0.25, 0.3) is 127 Å². The van der Waals surface area contributed by atoms with Crippen molar-refractivity contribution in [1.82, 2.24) is 9.13 Å². The molecule has 0 unspecified atom stereocenters. The molecule has 0 saturated carbocycles. The van der Waals surface area contributed by atoms with Crippen LogP contribution in [0, 0.1) is 0 Å². The molecular formula is C142H137N5. The maximum Gasteiger partial charge on any atom is 0.0726 e. The van der Waals surface area contributed by atoms with Crippen molar-refractivity contribution in [2.45, 2.75) is 182 Å². The van der Waals surface area contributed by atoms with Gasteiger partial charge in [0.05, 0.1) is 16.4 Å². The Kier molecular flexibility index (Phi) is 26.3. The number of fused-ring (bicyclic) bond motifs is 19. The average molecular weight is 1910 g/mol. The van der Waals surface area contributed by atoms with Crippen molar-refractivity contribution >= 4 is 77.7 Å². The molecule has 147 heavy (non-hydrogen) atoms. The molecule has 5 heteroatoms. The summed E-state index contributed by atoms with van der Waals surface area (Å²) in [6.07, 6.45) is 0. The molecule has 0 radical (unpaired) electrons. The molecule has 0 N–H and O–H groups in total. The average Bonchev–Trinajstić information content (AvgIpc) is 1.50. The van der Waals surface area contributed by atoms with Gasteiger partial charge in [-0.15, -0.1) is 0 Å². The van der Waals surface area contributed by atoms with Crippen molar-refractivity contribution in [1.29, 1.82) is 0 Å². The first-order valence-electron chi connectivity index (χ1n) is 52.4. The van der Waals surface area contributed by atoms with Crippen LogP contribution in [-0.2, 0) is 27.2 Å². The smallest absolute Gasteiger partial charge is 0.0726 e. The summed E-state index contributed by atoms with van der Waals surface area (Å²) >= 11 is 0. The van der Waals surface area contributed by atoms with Crippen molar-refractivity contribution < 1.29 is 0 Å². The molecule has 21 aromatic rings. The Balaban J connectivity index is 0.000000115. The molecule has 0 aliphatic heterocycles. The molecule has 3 aliphatic rings. The highest BCUT2D eigenvalue weighted by molar-refractivity contribution is 6.10. The number of benzene rings is 19. The summed E-state index contributed by atoms with van der Waals surface area (Å²) < 4.78 is 4.80. The Morgan fingerprint density at radius 2 is 0.449 bits per heavy atom. The van der Waals surface area contributed by atoms with Crippen LogP contribution in [0.5, 0.6) is 0 Å². The lowest BCUT2D eigenvalue weighted by Crippen LogP contribution is -2.37. The molecule has 0 fully saturated rings. The summed E-state index contributed by atoms with van der Waals surface area (Å²) in [6, 6.07) is 170. The van der Waals surface area contributed by atoms with Crippen molar-refractivity contribution in [2.24, 2.45) is 0 Å². The van der Waals surface area contributed by atoms with E-state index in [0.29, 0.717) is 0 Å². The summed E-state index contributed by atoms with van der Waals surface area (Å²) in [6.45, 7) is 45.6. The van der Waals surface area contributed by atoms with E-state index in [1.165, 1.54) is 206 Å². The van der Waals surface area contributed by atoms with Crippen molar-refractivity contribution in [3.05, 3.63) is 512 Å². The third-order valence-electron chi connectivity index (χ3n) is 29.8. The maximum absolute atomic E-state index is 2.49. The normalized spacial score (nSPS) is 13.0. The van der Waals surface area contributed by atoms with E-state index in [1.54, 1.807) is 0 Å². The zero-order valence-corrected chi connectivity index (χ0v) is 89.2. The molecule has 24 rings (SSSR count). The van der Waals surface area contributed by atoms with Gasteiger partial charge in [0.25, 0.3) is 0 Å². The molecule has 730 valence electrons. The van der Waals surface area contributed by atoms with Crippen LogP contribution in [0.3, 0.4) is 0 Å². The molecule has 0 amide bonds. The molecule has 0 atom stereocenters. The van der Waals surface area contributed by atoms with Gasteiger partial charge in [-0.25, -0.2) is 0 Å². The van der Waals surface area contributed by atoms with Crippen molar-refractivity contribution in [2.75, 3.05) is 14.7 Å². The van der Waals surface area contributed by atoms with Crippen LogP contribution >= 0.6 is 0 Å². The zero-order chi connectivity index (χ0) is 103. The second-order valence-corrected chi connectivity index (χ2v) is 46.4. The standard InChI is InChI=1S/C41H33N.C32H35N.C31H31N.C22H21N.C16H17N/c1-40(2,3)42(30-23-21-29(22-24-30)28-13-5-4-6-14-28)31-25-26-35-34-17-9-12-20-38(34)41(39(35)27-31)36-18-10-7-15-32(36)33-16-8-11-19-37(33)41;1-31(2,3)28-18-22-30(23-19-28)33(32(4,5)6)29-20-16-27(17-21-29)26-14-12-25(13-15-26)24-10-8-7-9-11-24;1-30(2,3)32(24-17-15-23(16-18-24)22-11-7-6-8-12-22)25-19-20-27-26-13-9-10-14-28(26)31(4,5)29(27)21-25;1-22(2,3)16-9-8-10-17(15-16)23-20-13-6-4-11-18(20)19-12-5-7-14-21(19)23;1-16(2,3)17-14-10-6-4-8-12(14)13-9-5-7-11-15(13)17/h4-27H,1-3H3;7-23H,1-6H3;6-21H,1-5H3;4-15H,1-3H3;4-11H,1-3H3. The van der Waals surface area contributed by atoms with Gasteiger partial charge in [-0.05, 0) is 326 Å². The minimum atomic E-state index is -0.337. The van der Waals surface area contributed by atoms with E-state index in [9.17, 15) is 0 Å². The SMILES string of the molecule is CC(C)(C)N(c1ccc(-c2ccccc2)cc1)c1ccc2c(c1)C1(c3ccccc3-c3ccccc31)c1ccccc1-2.CC(C)(C)c1ccc(N(c2ccc(-c3ccc(-c4ccccc4)cc3)cc2)C(C)(C)C)cc1.CC(C)(C)c1cccc(-n2c3ccccc3c3ccccc32)c1.CC(C)(C)n1c2ccccc2c2ccccc21.CC1(C)c2ccccc2-c2ccc(N(c3ccc(-c4ccccc4)cc3)C(C)(C)C)cc21. The quantitative estimate of drug-likeness (QED) is 0.129. The van der Waals surface area contributed by atoms with Gasteiger partial charge >= 0.3 is 0 Å². The first kappa shape index (κ1) is 98.6. The Labute approximate surface area is 872 Å². The lowest BCUT2D eigenvalue weighted by molar-refractivity contribution is 0.423. The highest BCUT2D eigenvalue weighted by atomic mass is 15.2. The summed E-state index contributed by atoms with van der Waals surface area (Å²) in [5, 5.41) is 5.31. The van der Waals surface area contributed by atoms with Crippen LogP contribution in [0.2, 0.25) is 0 Å². The fraction of sp³-hybridized carbons (Fsp3) is 0.197. The topological polar surface area (TPSA) is 19.6 Å². The number of hydrogen-bond donors (Lipinski definition) is 0. The second kappa shape index (κ2) is 39.3. The highest BCUT2D eigenvalue weighted by Crippen LogP contribution is 2.64. The first-order valence-corrected chi connectivity index (χ1v) is 52.4. The monoisotopic (exact) mass is 1910 g/mol. The van der Waals surface area contributed by atoms with Gasteiger partial charge in [0, 0.05) is 100.0 Å². The van der Waals surface area contributed by atoms with E-state index in [0.717, 1.165) is 0 Å². The van der Waals surface area contributed by atoms with Crippen molar-refractivity contribution in [3.63, 3.8) is 0 Å². The molecule has 1 spiro atoms. The van der Waals surface area contributed by atoms with E-state index in [2.05, 4.69) is 629 Å². The predicted octanol–water partition coefficient (Wildman–Crippen LogP) is 39.1. The molecule has 3 aliphatic carbocycles. The van der Waals surface area contributed by atoms with Gasteiger partial charge in [0.15, 0.2) is 0 Å². The number of para-hydroxylation sites is 4. The fourth-order valence-corrected chi connectivity index (χ4v) is 23.0. The summed E-state index contributed by atoms with van der Waals surface area (Å²) in [5.41, 5.74) is 42.6. The van der Waals surface area contributed by atoms with Crippen LogP contribution in [0.15, 0.2) is 467 Å². The molecule has 2 heterocycles. The Hall–Kier alpha value is -15.8. The molecule has 2 aromatic heterocycles. The first-order chi connectivity index (χ1) is 70.5.